The fourth-order valence-electron chi connectivity index (χ4n) is 6.53. The molecule has 0 aromatic carbocycles. The summed E-state index contributed by atoms with van der Waals surface area (Å²) in [6.45, 7) is 3.61. The zero-order chi connectivity index (χ0) is 18.3. The number of nitrogens with zero attached hydrogens (tertiary/aromatic N) is 3. The van der Waals surface area contributed by atoms with Crippen LogP contribution in [-0.2, 0) is 16.1 Å². The van der Waals surface area contributed by atoms with Crippen LogP contribution in [0.25, 0.3) is 0 Å². The number of ether oxygens (including phenoxy) is 1. The summed E-state index contributed by atoms with van der Waals surface area (Å²) in [6.07, 6.45) is 10.6. The normalized spacial score (nSPS) is 34.7. The average molecular weight is 370 g/mol. The van der Waals surface area contributed by atoms with E-state index in [2.05, 4.69) is 20.2 Å². The van der Waals surface area contributed by atoms with Crippen LogP contribution in [0.2, 0.25) is 0 Å². The van der Waals surface area contributed by atoms with Crippen molar-refractivity contribution in [3.8, 4) is 0 Å². The Morgan fingerprint density at radius 1 is 1.15 bits per heavy atom. The van der Waals surface area contributed by atoms with E-state index in [1.807, 2.05) is 6.07 Å². The van der Waals surface area contributed by atoms with Crippen molar-refractivity contribution in [2.24, 2.45) is 23.2 Å². The third kappa shape index (κ3) is 3.68. The van der Waals surface area contributed by atoms with E-state index in [4.69, 9.17) is 4.74 Å². The number of morpholine rings is 1. The molecule has 0 radical (unpaired) electrons. The summed E-state index contributed by atoms with van der Waals surface area (Å²) in [4.78, 5) is 23.9. The number of anilines is 1. The van der Waals surface area contributed by atoms with Crippen LogP contribution < -0.4 is 10.2 Å². The molecule has 6 heteroatoms. The molecule has 5 fully saturated rings. The molecule has 6 nitrogen and oxygen atoms in total. The van der Waals surface area contributed by atoms with Gasteiger partial charge in [-0.1, -0.05) is 0 Å². The minimum atomic E-state index is 0.178. The molecule has 0 spiro atoms. The number of hydrogen-bond acceptors (Lipinski definition) is 5. The Morgan fingerprint density at radius 3 is 2.48 bits per heavy atom. The van der Waals surface area contributed by atoms with Crippen LogP contribution in [0.3, 0.4) is 0 Å². The van der Waals surface area contributed by atoms with Gasteiger partial charge in [0.05, 0.1) is 19.8 Å². The van der Waals surface area contributed by atoms with Crippen LogP contribution in [0.5, 0.6) is 0 Å². The Morgan fingerprint density at radius 2 is 1.81 bits per heavy atom. The Hall–Kier alpha value is -1.69. The Balaban J connectivity index is 1.18. The number of hydrogen-bond donors (Lipinski definition) is 1. The molecule has 146 valence electrons. The topological polar surface area (TPSA) is 67.4 Å². The highest BCUT2D eigenvalue weighted by Gasteiger charge is 2.51. The minimum Gasteiger partial charge on any atom is -0.378 e. The highest BCUT2D eigenvalue weighted by Crippen LogP contribution is 2.61. The molecule has 0 atom stereocenters. The molecule has 1 saturated heterocycles. The summed E-state index contributed by atoms with van der Waals surface area (Å²) in [5.74, 6) is 4.46. The molecular formula is C21H30N4O2. The standard InChI is InChI=1S/C21H30N4O2/c26-20(13-21-10-15-7-16(11-21)9-17(8-15)12-21)23-14-18-22-2-1-19(24-18)25-3-5-27-6-4-25/h1-2,15-17H,3-14H2,(H,23,26). The SMILES string of the molecule is O=C(CC12CC3CC(CC(C3)C1)C2)NCc1nccc(N2CCOCC2)n1. The maximum absolute atomic E-state index is 12.7. The monoisotopic (exact) mass is 370 g/mol. The summed E-state index contributed by atoms with van der Waals surface area (Å²) < 4.78 is 5.40. The minimum absolute atomic E-state index is 0.178. The first-order valence-electron chi connectivity index (χ1n) is 10.6. The van der Waals surface area contributed by atoms with Gasteiger partial charge in [-0.2, -0.15) is 0 Å². The van der Waals surface area contributed by atoms with E-state index >= 15 is 0 Å². The van der Waals surface area contributed by atoms with Crippen LogP contribution >= 0.6 is 0 Å². The van der Waals surface area contributed by atoms with Crippen molar-refractivity contribution in [3.63, 3.8) is 0 Å². The number of aromatic nitrogens is 2. The lowest BCUT2D eigenvalue weighted by Crippen LogP contribution is -2.48. The van der Waals surface area contributed by atoms with Gasteiger partial charge in [-0.05, 0) is 67.8 Å². The molecule has 2 heterocycles. The highest BCUT2D eigenvalue weighted by atomic mass is 16.5. The maximum Gasteiger partial charge on any atom is 0.220 e. The van der Waals surface area contributed by atoms with Gasteiger partial charge >= 0.3 is 0 Å². The first kappa shape index (κ1) is 17.4. The molecule has 1 amide bonds. The van der Waals surface area contributed by atoms with Crippen molar-refractivity contribution in [1.82, 2.24) is 15.3 Å². The van der Waals surface area contributed by atoms with E-state index in [0.29, 0.717) is 18.8 Å². The van der Waals surface area contributed by atoms with Gasteiger partial charge in [0.1, 0.15) is 11.6 Å². The highest BCUT2D eigenvalue weighted by molar-refractivity contribution is 5.76. The Bertz CT molecular complexity index is 666. The number of amides is 1. The van der Waals surface area contributed by atoms with Crippen molar-refractivity contribution in [3.05, 3.63) is 18.1 Å². The predicted molar refractivity (Wildman–Crippen MR) is 102 cm³/mol. The molecule has 4 bridgehead atoms. The molecule has 1 aromatic heterocycles. The number of nitrogens with one attached hydrogen (secondary N) is 1. The van der Waals surface area contributed by atoms with Crippen LogP contribution in [0, 0.1) is 23.2 Å². The van der Waals surface area contributed by atoms with Gasteiger partial charge in [-0.15, -0.1) is 0 Å². The Kier molecular flexibility index (Phi) is 4.54. The quantitative estimate of drug-likeness (QED) is 0.863. The summed E-state index contributed by atoms with van der Waals surface area (Å²) in [7, 11) is 0. The second kappa shape index (κ2) is 7.04. The molecule has 1 N–H and O–H groups in total. The van der Waals surface area contributed by atoms with Crippen molar-refractivity contribution in [2.75, 3.05) is 31.2 Å². The lowest BCUT2D eigenvalue weighted by molar-refractivity contribution is -0.129. The van der Waals surface area contributed by atoms with Crippen LogP contribution in [0.15, 0.2) is 12.3 Å². The van der Waals surface area contributed by atoms with Crippen LogP contribution in [-0.4, -0.2) is 42.2 Å². The molecule has 6 rings (SSSR count). The van der Waals surface area contributed by atoms with Crippen molar-refractivity contribution < 1.29 is 9.53 Å². The van der Waals surface area contributed by atoms with Crippen molar-refractivity contribution in [1.29, 1.82) is 0 Å². The van der Waals surface area contributed by atoms with Crippen LogP contribution in [0.4, 0.5) is 5.82 Å². The van der Waals surface area contributed by atoms with E-state index in [-0.39, 0.29) is 11.3 Å². The van der Waals surface area contributed by atoms with E-state index in [1.54, 1.807) is 6.20 Å². The van der Waals surface area contributed by atoms with E-state index in [1.165, 1.54) is 38.5 Å². The predicted octanol–water partition coefficient (Wildman–Crippen LogP) is 2.54. The number of rotatable bonds is 5. The van der Waals surface area contributed by atoms with Gasteiger partial charge in [0.2, 0.25) is 5.91 Å². The molecule has 1 aliphatic heterocycles. The third-order valence-electron chi connectivity index (χ3n) is 7.17. The zero-order valence-electron chi connectivity index (χ0n) is 16.0. The van der Waals surface area contributed by atoms with E-state index in [9.17, 15) is 4.79 Å². The van der Waals surface area contributed by atoms with E-state index in [0.717, 1.165) is 49.9 Å². The fraction of sp³-hybridized carbons (Fsp3) is 0.762. The lowest BCUT2D eigenvalue weighted by Gasteiger charge is -2.56. The molecule has 4 aliphatic carbocycles. The Labute approximate surface area is 161 Å². The summed E-state index contributed by atoms with van der Waals surface area (Å²) in [6, 6.07) is 1.94. The van der Waals surface area contributed by atoms with Crippen molar-refractivity contribution in [2.45, 2.75) is 51.5 Å². The van der Waals surface area contributed by atoms with Gasteiger partial charge in [0.25, 0.3) is 0 Å². The zero-order valence-corrected chi connectivity index (χ0v) is 16.0. The average Bonchev–Trinajstić information content (AvgIpc) is 2.66. The first-order chi connectivity index (χ1) is 13.2. The van der Waals surface area contributed by atoms with Gasteiger partial charge in [-0.25, -0.2) is 9.97 Å². The van der Waals surface area contributed by atoms with Crippen molar-refractivity contribution >= 4 is 11.7 Å². The van der Waals surface area contributed by atoms with Gasteiger partial charge in [0.15, 0.2) is 0 Å². The van der Waals surface area contributed by atoms with Gasteiger partial charge in [-0.3, -0.25) is 4.79 Å². The second-order valence-electron chi connectivity index (χ2n) is 9.30. The first-order valence-corrected chi connectivity index (χ1v) is 10.6. The van der Waals surface area contributed by atoms with Gasteiger partial charge < -0.3 is 15.0 Å². The summed E-state index contributed by atoms with van der Waals surface area (Å²) in [5.41, 5.74) is 0.287. The number of carbonyl (C=O) groups excluding carboxylic acids is 1. The largest absolute Gasteiger partial charge is 0.378 e. The summed E-state index contributed by atoms with van der Waals surface area (Å²) in [5, 5.41) is 3.10. The maximum atomic E-state index is 12.7. The van der Waals surface area contributed by atoms with Gasteiger partial charge in [0, 0.05) is 25.7 Å². The molecule has 1 aromatic rings. The molecule has 27 heavy (non-hydrogen) atoms. The smallest absolute Gasteiger partial charge is 0.220 e. The molecule has 0 unspecified atom stereocenters. The fourth-order valence-corrected chi connectivity index (χ4v) is 6.53. The number of carbonyl (C=O) groups is 1. The van der Waals surface area contributed by atoms with E-state index < -0.39 is 0 Å². The molecule has 5 aliphatic rings. The molecular weight excluding hydrogens is 340 g/mol. The third-order valence-corrected chi connectivity index (χ3v) is 7.17. The summed E-state index contributed by atoms with van der Waals surface area (Å²) >= 11 is 0. The second-order valence-corrected chi connectivity index (χ2v) is 9.30. The lowest BCUT2D eigenvalue weighted by atomic mass is 9.49. The van der Waals surface area contributed by atoms with Crippen LogP contribution in [0.1, 0.15) is 50.8 Å². The molecule has 4 saturated carbocycles.